The van der Waals surface area contributed by atoms with Crippen molar-refractivity contribution in [2.75, 3.05) is 18.0 Å². The van der Waals surface area contributed by atoms with Crippen molar-refractivity contribution in [3.05, 3.63) is 93.5 Å². The predicted molar refractivity (Wildman–Crippen MR) is 156 cm³/mol. The summed E-state index contributed by atoms with van der Waals surface area (Å²) in [5.74, 6) is -0.708. The van der Waals surface area contributed by atoms with Gasteiger partial charge >= 0.3 is 12.1 Å². The number of carbonyl (C=O) groups is 1. The monoisotopic (exact) mass is 643 g/mol. The molecule has 1 aliphatic carbocycles. The van der Waals surface area contributed by atoms with Crippen LogP contribution in [0.4, 0.5) is 22.7 Å². The van der Waals surface area contributed by atoms with Crippen LogP contribution in [0.5, 0.6) is 5.75 Å². The number of ether oxygens (including phenoxy) is 1. The van der Waals surface area contributed by atoms with Gasteiger partial charge in [0.1, 0.15) is 29.3 Å². The van der Waals surface area contributed by atoms with E-state index in [0.29, 0.717) is 45.0 Å². The Hall–Kier alpha value is -4.16. The van der Waals surface area contributed by atoms with Gasteiger partial charge < -0.3 is 19.3 Å². The number of alkyl halides is 3. The Balaban J connectivity index is 1.06. The molecule has 0 unspecified atom stereocenters. The molecule has 2 fully saturated rings. The first-order valence-corrected chi connectivity index (χ1v) is 14.9. The topological polar surface area (TPSA) is 88.7 Å². The standard InChI is InChI=1S/C31H22ClF4N3O4S/c32-23-11-18(42-14-21-26(38-43-28(21)15-5-6-15)20-3-1-2-4-22(20)31(34,35)36)7-8-19(23)17-12-39(13-17)30-37-27-24(33)9-16(29(40)41)10-25(27)44-30/h1-4,7-11,15,17H,5-6,12-14H2,(H,40,41). The van der Waals surface area contributed by atoms with Gasteiger partial charge in [-0.3, -0.25) is 0 Å². The van der Waals surface area contributed by atoms with Gasteiger partial charge in [-0.1, -0.05) is 52.4 Å². The van der Waals surface area contributed by atoms with E-state index < -0.39 is 23.5 Å². The van der Waals surface area contributed by atoms with Crippen molar-refractivity contribution >= 4 is 44.3 Å². The molecular weight excluding hydrogens is 622 g/mol. The quantitative estimate of drug-likeness (QED) is 0.170. The number of thiazole rings is 1. The third-order valence-electron chi connectivity index (χ3n) is 7.89. The Bertz CT molecular complexity index is 1910. The Labute approximate surface area is 256 Å². The molecule has 7 nitrogen and oxygen atoms in total. The molecule has 3 aromatic carbocycles. The van der Waals surface area contributed by atoms with Crippen LogP contribution in [0, 0.1) is 5.82 Å². The number of halogens is 5. The zero-order chi connectivity index (χ0) is 30.7. The fourth-order valence-electron chi connectivity index (χ4n) is 5.43. The minimum absolute atomic E-state index is 0.0402. The third-order valence-corrected chi connectivity index (χ3v) is 9.28. The van der Waals surface area contributed by atoms with Crippen molar-refractivity contribution < 1.29 is 36.7 Å². The van der Waals surface area contributed by atoms with E-state index >= 15 is 0 Å². The van der Waals surface area contributed by atoms with Crippen molar-refractivity contribution in [1.29, 1.82) is 0 Å². The first-order chi connectivity index (χ1) is 21.1. The largest absolute Gasteiger partial charge is 0.489 e. The highest BCUT2D eigenvalue weighted by Crippen LogP contribution is 2.46. The number of hydrogen-bond donors (Lipinski definition) is 1. The van der Waals surface area contributed by atoms with E-state index in [-0.39, 0.29) is 40.8 Å². The van der Waals surface area contributed by atoms with Gasteiger partial charge in [0.25, 0.3) is 0 Å². The van der Waals surface area contributed by atoms with Gasteiger partial charge in [-0.25, -0.2) is 14.2 Å². The molecular formula is C31H22ClF4N3O4S. The second-order valence-corrected chi connectivity index (χ2v) is 12.3. The summed E-state index contributed by atoms with van der Waals surface area (Å²) < 4.78 is 67.7. The van der Waals surface area contributed by atoms with E-state index in [1.807, 2.05) is 11.0 Å². The maximum absolute atomic E-state index is 14.4. The molecule has 7 rings (SSSR count). The number of anilines is 1. The van der Waals surface area contributed by atoms with E-state index in [4.69, 9.17) is 20.9 Å². The van der Waals surface area contributed by atoms with Crippen LogP contribution in [0.2, 0.25) is 5.02 Å². The van der Waals surface area contributed by atoms with Gasteiger partial charge in [0.05, 0.1) is 21.4 Å². The molecule has 2 aliphatic rings. The molecule has 2 aromatic heterocycles. The highest BCUT2D eigenvalue weighted by atomic mass is 35.5. The van der Waals surface area contributed by atoms with Gasteiger partial charge in [-0.05, 0) is 48.7 Å². The maximum Gasteiger partial charge on any atom is 0.417 e. The highest BCUT2D eigenvalue weighted by Gasteiger charge is 2.38. The molecule has 226 valence electrons. The summed E-state index contributed by atoms with van der Waals surface area (Å²) >= 11 is 7.87. The summed E-state index contributed by atoms with van der Waals surface area (Å²) in [6, 6.07) is 12.9. The highest BCUT2D eigenvalue weighted by molar-refractivity contribution is 7.22. The number of hydrogen-bond acceptors (Lipinski definition) is 7. The Morgan fingerprint density at radius 3 is 2.59 bits per heavy atom. The lowest BCUT2D eigenvalue weighted by molar-refractivity contribution is -0.137. The molecule has 1 N–H and O–H groups in total. The molecule has 0 bridgehead atoms. The summed E-state index contributed by atoms with van der Waals surface area (Å²) in [6.07, 6.45) is -2.81. The zero-order valence-corrected chi connectivity index (χ0v) is 24.3. The third kappa shape index (κ3) is 5.26. The molecule has 0 atom stereocenters. The summed E-state index contributed by atoms with van der Waals surface area (Å²) in [6.45, 7) is 1.13. The molecule has 3 heterocycles. The van der Waals surface area contributed by atoms with E-state index in [1.54, 1.807) is 12.1 Å². The van der Waals surface area contributed by atoms with Crippen LogP contribution in [-0.4, -0.2) is 34.3 Å². The Kier molecular flexibility index (Phi) is 7.00. The van der Waals surface area contributed by atoms with Crippen LogP contribution >= 0.6 is 22.9 Å². The molecule has 13 heteroatoms. The lowest BCUT2D eigenvalue weighted by Crippen LogP contribution is -2.45. The fraction of sp³-hybridized carbons (Fsp3) is 0.258. The summed E-state index contributed by atoms with van der Waals surface area (Å²) in [5, 5.41) is 14.3. The van der Waals surface area contributed by atoms with Gasteiger partial charge in [0.15, 0.2) is 10.9 Å². The zero-order valence-electron chi connectivity index (χ0n) is 22.7. The Morgan fingerprint density at radius 1 is 1.11 bits per heavy atom. The number of carboxylic acids is 1. The van der Waals surface area contributed by atoms with Crippen molar-refractivity contribution in [3.8, 4) is 17.0 Å². The number of fused-ring (bicyclic) bond motifs is 1. The smallest absolute Gasteiger partial charge is 0.417 e. The van der Waals surface area contributed by atoms with Crippen LogP contribution in [0.1, 0.15) is 57.5 Å². The molecule has 0 amide bonds. The maximum atomic E-state index is 14.4. The number of nitrogens with zero attached hydrogens (tertiary/aromatic N) is 3. The predicted octanol–water partition coefficient (Wildman–Crippen LogP) is 8.52. The SMILES string of the molecule is O=C(O)c1cc(F)c2nc(N3CC(c4ccc(OCc5c(-c6ccccc6C(F)(F)F)noc5C5CC5)cc4Cl)C3)sc2c1. The van der Waals surface area contributed by atoms with E-state index in [2.05, 4.69) is 10.1 Å². The molecule has 5 aromatic rings. The number of aromatic nitrogens is 2. The number of rotatable bonds is 8. The summed E-state index contributed by atoms with van der Waals surface area (Å²) in [5.41, 5.74) is 0.652. The van der Waals surface area contributed by atoms with Gasteiger partial charge in [-0.15, -0.1) is 0 Å². The summed E-state index contributed by atoms with van der Waals surface area (Å²) in [7, 11) is 0. The van der Waals surface area contributed by atoms with Crippen LogP contribution in [0.3, 0.4) is 0 Å². The summed E-state index contributed by atoms with van der Waals surface area (Å²) in [4.78, 5) is 17.6. The van der Waals surface area contributed by atoms with Crippen LogP contribution < -0.4 is 9.64 Å². The van der Waals surface area contributed by atoms with Crippen molar-refractivity contribution in [2.24, 2.45) is 0 Å². The lowest BCUT2D eigenvalue weighted by atomic mass is 9.92. The average Bonchev–Trinajstić information content (AvgIpc) is 3.57. The number of aromatic carboxylic acids is 1. The minimum Gasteiger partial charge on any atom is -0.489 e. The first-order valence-electron chi connectivity index (χ1n) is 13.7. The normalized spacial score (nSPS) is 15.5. The fourth-order valence-corrected chi connectivity index (χ4v) is 6.79. The van der Waals surface area contributed by atoms with Crippen molar-refractivity contribution in [2.45, 2.75) is 37.5 Å². The second-order valence-electron chi connectivity index (χ2n) is 10.9. The van der Waals surface area contributed by atoms with E-state index in [0.717, 1.165) is 30.5 Å². The molecule has 1 saturated heterocycles. The molecule has 1 aliphatic heterocycles. The van der Waals surface area contributed by atoms with E-state index in [1.165, 1.54) is 35.6 Å². The van der Waals surface area contributed by atoms with Crippen LogP contribution in [0.25, 0.3) is 21.5 Å². The first kappa shape index (κ1) is 28.6. The van der Waals surface area contributed by atoms with Crippen LogP contribution in [-0.2, 0) is 12.8 Å². The van der Waals surface area contributed by atoms with Gasteiger partial charge in [-0.2, -0.15) is 13.2 Å². The molecule has 0 radical (unpaired) electrons. The van der Waals surface area contributed by atoms with E-state index in [9.17, 15) is 27.5 Å². The lowest BCUT2D eigenvalue weighted by Gasteiger charge is -2.39. The van der Waals surface area contributed by atoms with Crippen molar-refractivity contribution in [1.82, 2.24) is 10.1 Å². The van der Waals surface area contributed by atoms with Gasteiger partial charge in [0.2, 0.25) is 0 Å². The second kappa shape index (κ2) is 10.8. The molecule has 1 saturated carbocycles. The minimum atomic E-state index is -4.55. The molecule has 0 spiro atoms. The molecule has 44 heavy (non-hydrogen) atoms. The van der Waals surface area contributed by atoms with Crippen molar-refractivity contribution in [3.63, 3.8) is 0 Å². The average molecular weight is 644 g/mol. The number of carboxylic acid groups (broad SMARTS) is 1. The Morgan fingerprint density at radius 2 is 1.89 bits per heavy atom. The number of benzene rings is 3. The van der Waals surface area contributed by atoms with Crippen LogP contribution in [0.15, 0.2) is 59.1 Å². The van der Waals surface area contributed by atoms with Gasteiger partial charge in [0, 0.05) is 35.5 Å².